The molecule has 0 fully saturated rings. The van der Waals surface area contributed by atoms with Gasteiger partial charge in [0.05, 0.1) is 12.2 Å². The van der Waals surface area contributed by atoms with Gasteiger partial charge in [0.25, 0.3) is 0 Å². The maximum Gasteiger partial charge on any atom is 0.123 e. The minimum absolute atomic E-state index is 0.198. The Hall–Kier alpha value is -1.68. The first-order valence-corrected chi connectivity index (χ1v) is 5.31. The predicted molar refractivity (Wildman–Crippen MR) is 58.3 cm³/mol. The highest BCUT2D eigenvalue weighted by Gasteiger charge is 2.14. The summed E-state index contributed by atoms with van der Waals surface area (Å²) >= 11 is 0. The number of fused-ring (bicyclic) bond motifs is 1. The van der Waals surface area contributed by atoms with Gasteiger partial charge in [-0.3, -0.25) is 4.68 Å². The molecular formula is C12H12FN3. The molecule has 4 heteroatoms. The number of nitrogens with zero attached hydrogens (tertiary/aromatic N) is 2. The van der Waals surface area contributed by atoms with Crippen molar-refractivity contribution in [2.45, 2.75) is 19.6 Å². The summed E-state index contributed by atoms with van der Waals surface area (Å²) in [5.41, 5.74) is 3.46. The van der Waals surface area contributed by atoms with E-state index in [0.717, 1.165) is 24.3 Å². The number of halogens is 1. The summed E-state index contributed by atoms with van der Waals surface area (Å²) in [6.07, 6.45) is 2.05. The summed E-state index contributed by atoms with van der Waals surface area (Å²) in [4.78, 5) is 0. The maximum absolute atomic E-state index is 12.7. The Labute approximate surface area is 92.9 Å². The van der Waals surface area contributed by atoms with Crippen molar-refractivity contribution in [3.63, 3.8) is 0 Å². The predicted octanol–water partition coefficient (Wildman–Crippen LogP) is 1.67. The Morgan fingerprint density at radius 3 is 2.81 bits per heavy atom. The van der Waals surface area contributed by atoms with Crippen LogP contribution >= 0.6 is 0 Å². The van der Waals surface area contributed by atoms with E-state index in [2.05, 4.69) is 16.6 Å². The number of hydrogen-bond donors (Lipinski definition) is 1. The van der Waals surface area contributed by atoms with E-state index >= 15 is 0 Å². The number of aromatic nitrogens is 2. The molecule has 3 nitrogen and oxygen atoms in total. The zero-order chi connectivity index (χ0) is 11.0. The Morgan fingerprint density at radius 2 is 2.06 bits per heavy atom. The Kier molecular flexibility index (Phi) is 2.22. The van der Waals surface area contributed by atoms with Gasteiger partial charge in [0.15, 0.2) is 0 Å². The molecule has 2 heterocycles. The lowest BCUT2D eigenvalue weighted by molar-refractivity contribution is 0.621. The number of hydrogen-bond acceptors (Lipinski definition) is 2. The zero-order valence-electron chi connectivity index (χ0n) is 8.78. The van der Waals surface area contributed by atoms with Crippen LogP contribution in [-0.2, 0) is 19.6 Å². The highest BCUT2D eigenvalue weighted by atomic mass is 19.1. The minimum atomic E-state index is -0.198. The molecule has 2 aromatic rings. The molecule has 1 aromatic carbocycles. The van der Waals surface area contributed by atoms with Crippen LogP contribution in [0, 0.1) is 5.82 Å². The van der Waals surface area contributed by atoms with Gasteiger partial charge in [0, 0.05) is 24.8 Å². The first kappa shape index (κ1) is 9.54. The lowest BCUT2D eigenvalue weighted by atomic mass is 10.2. The van der Waals surface area contributed by atoms with Gasteiger partial charge in [-0.2, -0.15) is 5.10 Å². The molecule has 16 heavy (non-hydrogen) atoms. The third kappa shape index (κ3) is 1.72. The fourth-order valence-corrected chi connectivity index (χ4v) is 1.97. The fourth-order valence-electron chi connectivity index (χ4n) is 1.97. The Morgan fingerprint density at radius 1 is 1.25 bits per heavy atom. The quantitative estimate of drug-likeness (QED) is 0.829. The van der Waals surface area contributed by atoms with E-state index < -0.39 is 0 Å². The number of nitrogens with one attached hydrogen (secondary N) is 1. The highest BCUT2D eigenvalue weighted by Crippen LogP contribution is 2.14. The molecule has 0 amide bonds. The van der Waals surface area contributed by atoms with E-state index in [0.29, 0.717) is 6.54 Å². The van der Waals surface area contributed by atoms with Gasteiger partial charge in [-0.1, -0.05) is 12.1 Å². The number of rotatable bonds is 2. The van der Waals surface area contributed by atoms with Gasteiger partial charge in [-0.25, -0.2) is 4.39 Å². The second-order valence-corrected chi connectivity index (χ2v) is 4.03. The van der Waals surface area contributed by atoms with Gasteiger partial charge in [0.2, 0.25) is 0 Å². The Bertz CT molecular complexity index is 480. The average Bonchev–Trinajstić information content (AvgIpc) is 2.81. The summed E-state index contributed by atoms with van der Waals surface area (Å²) in [5.74, 6) is -0.198. The van der Waals surface area contributed by atoms with Crippen molar-refractivity contribution < 1.29 is 4.39 Å². The molecule has 0 atom stereocenters. The SMILES string of the molecule is Fc1ccc(Cn2cc3c(n2)CNC3)cc1. The van der Waals surface area contributed by atoms with Crippen LogP contribution in [0.25, 0.3) is 0 Å². The van der Waals surface area contributed by atoms with Gasteiger partial charge >= 0.3 is 0 Å². The van der Waals surface area contributed by atoms with Crippen molar-refractivity contribution >= 4 is 0 Å². The summed E-state index contributed by atoms with van der Waals surface area (Å²) in [6, 6.07) is 6.54. The van der Waals surface area contributed by atoms with Crippen LogP contribution in [0.15, 0.2) is 30.5 Å². The van der Waals surface area contributed by atoms with Gasteiger partial charge in [-0.05, 0) is 17.7 Å². The molecule has 0 bridgehead atoms. The molecule has 3 rings (SSSR count). The molecule has 1 N–H and O–H groups in total. The summed E-state index contributed by atoms with van der Waals surface area (Å²) < 4.78 is 14.6. The third-order valence-electron chi connectivity index (χ3n) is 2.79. The van der Waals surface area contributed by atoms with Crippen LogP contribution < -0.4 is 5.32 Å². The smallest absolute Gasteiger partial charge is 0.123 e. The molecule has 1 aliphatic rings. The molecular weight excluding hydrogens is 205 g/mol. The molecule has 0 saturated carbocycles. The van der Waals surface area contributed by atoms with Crippen molar-refractivity contribution in [2.75, 3.05) is 0 Å². The van der Waals surface area contributed by atoms with E-state index in [9.17, 15) is 4.39 Å². The van der Waals surface area contributed by atoms with Crippen molar-refractivity contribution in [3.8, 4) is 0 Å². The summed E-state index contributed by atoms with van der Waals surface area (Å²) in [6.45, 7) is 2.46. The molecule has 0 saturated heterocycles. The highest BCUT2D eigenvalue weighted by molar-refractivity contribution is 5.22. The molecule has 1 aliphatic heterocycles. The van der Waals surface area contributed by atoms with Gasteiger partial charge in [-0.15, -0.1) is 0 Å². The normalized spacial score (nSPS) is 14.1. The molecule has 1 aromatic heterocycles. The van der Waals surface area contributed by atoms with Crippen LogP contribution in [0.1, 0.15) is 16.8 Å². The largest absolute Gasteiger partial charge is 0.307 e. The standard InChI is InChI=1S/C12H12FN3/c13-11-3-1-9(2-4-11)7-16-8-10-5-14-6-12(10)15-16/h1-4,8,14H,5-7H2. The maximum atomic E-state index is 12.7. The second-order valence-electron chi connectivity index (χ2n) is 4.03. The lowest BCUT2D eigenvalue weighted by Crippen LogP contribution is -2.06. The third-order valence-corrected chi connectivity index (χ3v) is 2.79. The van der Waals surface area contributed by atoms with Crippen LogP contribution in [-0.4, -0.2) is 9.78 Å². The van der Waals surface area contributed by atoms with Crippen LogP contribution in [0.5, 0.6) is 0 Å². The van der Waals surface area contributed by atoms with E-state index in [1.807, 2.05) is 4.68 Å². The second kappa shape index (κ2) is 3.72. The molecule has 0 spiro atoms. The van der Waals surface area contributed by atoms with E-state index in [4.69, 9.17) is 0 Å². The summed E-state index contributed by atoms with van der Waals surface area (Å²) in [5, 5.41) is 7.71. The first-order valence-electron chi connectivity index (χ1n) is 5.31. The summed E-state index contributed by atoms with van der Waals surface area (Å²) in [7, 11) is 0. The van der Waals surface area contributed by atoms with E-state index in [1.165, 1.54) is 17.7 Å². The van der Waals surface area contributed by atoms with Crippen molar-refractivity contribution in [3.05, 3.63) is 53.1 Å². The monoisotopic (exact) mass is 217 g/mol. The number of benzene rings is 1. The molecule has 0 unspecified atom stereocenters. The average molecular weight is 217 g/mol. The van der Waals surface area contributed by atoms with Crippen LogP contribution in [0.4, 0.5) is 4.39 Å². The molecule has 0 aliphatic carbocycles. The van der Waals surface area contributed by atoms with E-state index in [1.54, 1.807) is 12.1 Å². The van der Waals surface area contributed by atoms with Crippen molar-refractivity contribution in [2.24, 2.45) is 0 Å². The van der Waals surface area contributed by atoms with Gasteiger partial charge < -0.3 is 5.32 Å². The van der Waals surface area contributed by atoms with Crippen LogP contribution in [0.2, 0.25) is 0 Å². The van der Waals surface area contributed by atoms with Crippen LogP contribution in [0.3, 0.4) is 0 Å². The van der Waals surface area contributed by atoms with Crippen molar-refractivity contribution in [1.29, 1.82) is 0 Å². The van der Waals surface area contributed by atoms with E-state index in [-0.39, 0.29) is 5.82 Å². The fraction of sp³-hybridized carbons (Fsp3) is 0.250. The zero-order valence-corrected chi connectivity index (χ0v) is 8.78. The van der Waals surface area contributed by atoms with Gasteiger partial charge in [0.1, 0.15) is 5.82 Å². The minimum Gasteiger partial charge on any atom is -0.307 e. The lowest BCUT2D eigenvalue weighted by Gasteiger charge is -2.02. The first-order chi connectivity index (χ1) is 7.81. The topological polar surface area (TPSA) is 29.9 Å². The Balaban J connectivity index is 1.81. The van der Waals surface area contributed by atoms with Crippen molar-refractivity contribution in [1.82, 2.24) is 15.1 Å². The molecule has 82 valence electrons. The molecule has 0 radical (unpaired) electrons.